The van der Waals surface area contributed by atoms with Crippen molar-refractivity contribution in [2.75, 3.05) is 25.1 Å². The molecule has 0 saturated heterocycles. The number of hydrogen-bond acceptors (Lipinski definition) is 4. The molecule has 0 saturated carbocycles. The van der Waals surface area contributed by atoms with E-state index in [1.165, 1.54) is 0 Å². The number of nitrogens with zero attached hydrogens (tertiary/aromatic N) is 1. The number of hydrogen-bond donors (Lipinski definition) is 2. The van der Waals surface area contributed by atoms with Gasteiger partial charge in [-0.05, 0) is 45.4 Å². The lowest BCUT2D eigenvalue weighted by atomic mass is 10.2. The Morgan fingerprint density at radius 2 is 2.17 bits per heavy atom. The van der Waals surface area contributed by atoms with Crippen LogP contribution in [0.5, 0.6) is 0 Å². The van der Waals surface area contributed by atoms with E-state index in [-0.39, 0.29) is 6.03 Å². The van der Waals surface area contributed by atoms with Gasteiger partial charge >= 0.3 is 6.03 Å². The van der Waals surface area contributed by atoms with E-state index in [1.54, 1.807) is 0 Å². The third-order valence-electron chi connectivity index (χ3n) is 3.35. The van der Waals surface area contributed by atoms with Gasteiger partial charge in [0.05, 0.1) is 5.69 Å². The molecule has 2 aromatic rings. The van der Waals surface area contributed by atoms with Crippen molar-refractivity contribution >= 4 is 11.7 Å². The number of nitrogens with one attached hydrogen (secondary N) is 2. The third-order valence-corrected chi connectivity index (χ3v) is 3.35. The average molecular weight is 317 g/mol. The van der Waals surface area contributed by atoms with Gasteiger partial charge in [-0.2, -0.15) is 0 Å². The minimum atomic E-state index is -0.238. The van der Waals surface area contributed by atoms with Crippen molar-refractivity contribution in [1.29, 1.82) is 0 Å². The lowest BCUT2D eigenvalue weighted by Gasteiger charge is -2.08. The van der Waals surface area contributed by atoms with Crippen LogP contribution >= 0.6 is 0 Å². The van der Waals surface area contributed by atoms with Crippen molar-refractivity contribution < 1.29 is 13.9 Å². The quantitative estimate of drug-likeness (QED) is 0.766. The molecule has 0 unspecified atom stereocenters. The van der Waals surface area contributed by atoms with Gasteiger partial charge in [-0.1, -0.05) is 6.07 Å². The van der Waals surface area contributed by atoms with Crippen LogP contribution in [-0.2, 0) is 4.74 Å². The number of urea groups is 1. The molecule has 2 amide bonds. The molecule has 2 N–H and O–H groups in total. The minimum absolute atomic E-state index is 0.238. The highest BCUT2D eigenvalue weighted by atomic mass is 16.5. The van der Waals surface area contributed by atoms with Gasteiger partial charge in [0.1, 0.15) is 5.76 Å². The highest BCUT2D eigenvalue weighted by molar-refractivity contribution is 5.89. The fraction of sp³-hybridized carbons (Fsp3) is 0.412. The summed E-state index contributed by atoms with van der Waals surface area (Å²) < 4.78 is 10.8. The number of carbonyl (C=O) groups is 1. The molecule has 1 heterocycles. The minimum Gasteiger partial charge on any atom is -0.441 e. The summed E-state index contributed by atoms with van der Waals surface area (Å²) in [5.41, 5.74) is 2.39. The van der Waals surface area contributed by atoms with Gasteiger partial charge in [0, 0.05) is 31.0 Å². The summed E-state index contributed by atoms with van der Waals surface area (Å²) in [6.07, 6.45) is 0.788. The van der Waals surface area contributed by atoms with Crippen LogP contribution in [0.1, 0.15) is 24.8 Å². The standard InChI is InChI=1S/C17H23N3O3/c1-4-22-10-6-9-18-17(21)20-15-8-5-7-14(11-15)16-19-12(2)13(3)23-16/h5,7-8,11H,4,6,9-10H2,1-3H3,(H2,18,20,21). The van der Waals surface area contributed by atoms with Crippen LogP contribution < -0.4 is 10.6 Å². The molecule has 0 aliphatic rings. The van der Waals surface area contributed by atoms with E-state index in [4.69, 9.17) is 9.15 Å². The summed E-state index contributed by atoms with van der Waals surface area (Å²) in [4.78, 5) is 16.2. The van der Waals surface area contributed by atoms with Crippen LogP contribution in [-0.4, -0.2) is 30.8 Å². The van der Waals surface area contributed by atoms with E-state index in [9.17, 15) is 4.79 Å². The summed E-state index contributed by atoms with van der Waals surface area (Å²) in [7, 11) is 0. The molecule has 0 spiro atoms. The molecule has 0 aliphatic carbocycles. The summed E-state index contributed by atoms with van der Waals surface area (Å²) >= 11 is 0. The monoisotopic (exact) mass is 317 g/mol. The maximum absolute atomic E-state index is 11.8. The molecule has 6 nitrogen and oxygen atoms in total. The molecule has 0 radical (unpaired) electrons. The zero-order valence-corrected chi connectivity index (χ0v) is 13.8. The van der Waals surface area contributed by atoms with Crippen LogP contribution in [0.4, 0.5) is 10.5 Å². The van der Waals surface area contributed by atoms with Gasteiger partial charge in [0.15, 0.2) is 0 Å². The van der Waals surface area contributed by atoms with E-state index in [0.29, 0.717) is 31.3 Å². The number of oxazole rings is 1. The molecule has 23 heavy (non-hydrogen) atoms. The Balaban J connectivity index is 1.91. The van der Waals surface area contributed by atoms with Gasteiger partial charge in [-0.3, -0.25) is 0 Å². The maximum atomic E-state index is 11.8. The number of ether oxygens (including phenoxy) is 1. The fourth-order valence-electron chi connectivity index (χ4n) is 2.02. The number of anilines is 1. The highest BCUT2D eigenvalue weighted by Crippen LogP contribution is 2.23. The molecule has 2 rings (SSSR count). The Morgan fingerprint density at radius 1 is 1.35 bits per heavy atom. The fourth-order valence-corrected chi connectivity index (χ4v) is 2.02. The van der Waals surface area contributed by atoms with Crippen molar-refractivity contribution in [3.8, 4) is 11.5 Å². The lowest BCUT2D eigenvalue weighted by Crippen LogP contribution is -2.30. The number of aromatic nitrogens is 1. The van der Waals surface area contributed by atoms with Gasteiger partial charge in [0.25, 0.3) is 0 Å². The Labute approximate surface area is 136 Å². The Hall–Kier alpha value is -2.34. The summed E-state index contributed by atoms with van der Waals surface area (Å²) in [6, 6.07) is 7.18. The Bertz CT molecular complexity index is 633. The molecule has 6 heteroatoms. The average Bonchev–Trinajstić information content (AvgIpc) is 2.87. The molecular formula is C17H23N3O3. The van der Waals surface area contributed by atoms with E-state index in [2.05, 4.69) is 15.6 Å². The van der Waals surface area contributed by atoms with Gasteiger partial charge in [-0.25, -0.2) is 9.78 Å². The highest BCUT2D eigenvalue weighted by Gasteiger charge is 2.09. The molecule has 0 bridgehead atoms. The molecular weight excluding hydrogens is 294 g/mol. The summed E-state index contributed by atoms with van der Waals surface area (Å²) in [5.74, 6) is 1.35. The topological polar surface area (TPSA) is 76.4 Å². The van der Waals surface area contributed by atoms with Crippen LogP contribution in [0.25, 0.3) is 11.5 Å². The molecule has 0 aliphatic heterocycles. The van der Waals surface area contributed by atoms with Crippen LogP contribution in [0, 0.1) is 13.8 Å². The smallest absolute Gasteiger partial charge is 0.319 e. The second-order valence-corrected chi connectivity index (χ2v) is 5.17. The largest absolute Gasteiger partial charge is 0.441 e. The third kappa shape index (κ3) is 5.10. The first-order valence-corrected chi connectivity index (χ1v) is 7.77. The molecule has 0 atom stereocenters. The van der Waals surface area contributed by atoms with Crippen LogP contribution in [0.3, 0.4) is 0 Å². The Morgan fingerprint density at radius 3 is 2.87 bits per heavy atom. The number of carbonyl (C=O) groups excluding carboxylic acids is 1. The maximum Gasteiger partial charge on any atom is 0.319 e. The van der Waals surface area contributed by atoms with E-state index in [1.807, 2.05) is 45.0 Å². The summed E-state index contributed by atoms with van der Waals surface area (Å²) in [6.45, 7) is 7.64. The van der Waals surface area contributed by atoms with Crippen molar-refractivity contribution in [3.05, 3.63) is 35.7 Å². The molecule has 1 aromatic heterocycles. The summed E-state index contributed by atoms with van der Waals surface area (Å²) in [5, 5.41) is 5.60. The number of amides is 2. The first-order valence-electron chi connectivity index (χ1n) is 7.77. The first-order chi connectivity index (χ1) is 11.1. The van der Waals surface area contributed by atoms with Crippen molar-refractivity contribution in [1.82, 2.24) is 10.3 Å². The number of benzene rings is 1. The van der Waals surface area contributed by atoms with Crippen molar-refractivity contribution in [2.45, 2.75) is 27.2 Å². The zero-order chi connectivity index (χ0) is 16.7. The van der Waals surface area contributed by atoms with Crippen molar-refractivity contribution in [3.63, 3.8) is 0 Å². The Kier molecular flexibility index (Phi) is 6.17. The van der Waals surface area contributed by atoms with Gasteiger partial charge < -0.3 is 19.8 Å². The second-order valence-electron chi connectivity index (χ2n) is 5.17. The lowest BCUT2D eigenvalue weighted by molar-refractivity contribution is 0.145. The first kappa shape index (κ1) is 17.0. The predicted octanol–water partition coefficient (Wildman–Crippen LogP) is 3.51. The molecule has 1 aromatic carbocycles. The molecule has 0 fully saturated rings. The van der Waals surface area contributed by atoms with Crippen LogP contribution in [0.15, 0.2) is 28.7 Å². The van der Waals surface area contributed by atoms with E-state index >= 15 is 0 Å². The van der Waals surface area contributed by atoms with E-state index in [0.717, 1.165) is 23.4 Å². The van der Waals surface area contributed by atoms with Gasteiger partial charge in [-0.15, -0.1) is 0 Å². The van der Waals surface area contributed by atoms with Crippen LogP contribution in [0.2, 0.25) is 0 Å². The SMILES string of the molecule is CCOCCCNC(=O)Nc1cccc(-c2nc(C)c(C)o2)c1. The number of rotatable bonds is 7. The molecule has 124 valence electrons. The van der Waals surface area contributed by atoms with Gasteiger partial charge in [0.2, 0.25) is 5.89 Å². The number of aryl methyl sites for hydroxylation is 2. The van der Waals surface area contributed by atoms with Crippen molar-refractivity contribution in [2.24, 2.45) is 0 Å². The zero-order valence-electron chi connectivity index (χ0n) is 13.8. The normalized spacial score (nSPS) is 10.6. The second kappa shape index (κ2) is 8.33. The predicted molar refractivity (Wildman–Crippen MR) is 89.5 cm³/mol. The van der Waals surface area contributed by atoms with E-state index < -0.39 is 0 Å².